The third kappa shape index (κ3) is 10.4. The Morgan fingerprint density at radius 3 is 0.707 bits per heavy atom. The zero-order valence-corrected chi connectivity index (χ0v) is 32.2. The van der Waals surface area contributed by atoms with Crippen LogP contribution in [0.25, 0.3) is 0 Å². The predicted octanol–water partition coefficient (Wildman–Crippen LogP) is 9.98. The Labute approximate surface area is 279 Å². The maximum atomic E-state index is 12.3. The number of allylic oxidation sites excluding steroid dienone is 4. The van der Waals surface area contributed by atoms with Gasteiger partial charge in [0.25, 0.3) is 0 Å². The van der Waals surface area contributed by atoms with E-state index in [1.54, 1.807) is 0 Å². The molecule has 3 rings (SSSR count). The Kier molecular flexibility index (Phi) is 13.9. The van der Waals surface area contributed by atoms with Gasteiger partial charge >= 0.3 is 0 Å². The Hall–Kier alpha value is -1.38. The van der Waals surface area contributed by atoms with Crippen molar-refractivity contribution in [2.45, 2.75) is 139 Å². The molecule has 0 fully saturated rings. The molecule has 41 heavy (non-hydrogen) atoms. The summed E-state index contributed by atoms with van der Waals surface area (Å²) in [6, 6.07) is 11.7. The van der Waals surface area contributed by atoms with Crippen LogP contribution in [0.1, 0.15) is 140 Å². The van der Waals surface area contributed by atoms with E-state index in [1.807, 2.05) is 36.4 Å². The summed E-state index contributed by atoms with van der Waals surface area (Å²) in [5.41, 5.74) is 9.23. The minimum atomic E-state index is -0.0711. The van der Waals surface area contributed by atoms with Gasteiger partial charge in [0.15, 0.2) is 0 Å². The summed E-state index contributed by atoms with van der Waals surface area (Å²) < 4.78 is 0. The molecule has 0 aromatic heterocycles. The average molecular weight is 635 g/mol. The molecule has 0 saturated heterocycles. The molecule has 0 heterocycles. The summed E-state index contributed by atoms with van der Waals surface area (Å²) in [6.07, 6.45) is 0. The number of hydrogen-bond donors (Lipinski definition) is 0. The third-order valence-corrected chi connectivity index (χ3v) is 8.07. The van der Waals surface area contributed by atoms with E-state index >= 15 is 0 Å². The number of rotatable bonds is 0. The number of benzene rings is 2. The SMILES string of the molecule is CC(C)(C)c1cccc(C(C)(C)C)c1[O-].CC(C)(C)c1cccc(C(C)(C)C)c1[O-].C[C]1C(C)=C(C)C(C)=C1C.[Y]. The number of hydrogen-bond acceptors (Lipinski definition) is 2. The van der Waals surface area contributed by atoms with Crippen LogP contribution >= 0.6 is 0 Å². The fraction of sp³-hybridized carbons (Fsp3) is 0.553. The van der Waals surface area contributed by atoms with E-state index in [1.165, 1.54) is 28.2 Å². The first-order chi connectivity index (χ1) is 17.8. The molecule has 1 aliphatic carbocycles. The molecule has 2 radical (unpaired) electrons. The van der Waals surface area contributed by atoms with E-state index in [9.17, 15) is 10.2 Å². The Balaban J connectivity index is 0.000000591. The van der Waals surface area contributed by atoms with Crippen molar-refractivity contribution in [1.29, 1.82) is 0 Å². The predicted molar refractivity (Wildman–Crippen MR) is 172 cm³/mol. The van der Waals surface area contributed by atoms with Crippen molar-refractivity contribution in [3.8, 4) is 11.5 Å². The summed E-state index contributed by atoms with van der Waals surface area (Å²) in [5, 5.41) is 24.5. The van der Waals surface area contributed by atoms with E-state index in [-0.39, 0.29) is 65.9 Å². The van der Waals surface area contributed by atoms with E-state index in [2.05, 4.69) is 118 Å². The van der Waals surface area contributed by atoms with Crippen LogP contribution < -0.4 is 10.2 Å². The Bertz CT molecular complexity index is 1070. The van der Waals surface area contributed by atoms with Gasteiger partial charge in [-0.25, -0.2) is 0 Å². The van der Waals surface area contributed by atoms with Gasteiger partial charge in [0.2, 0.25) is 0 Å². The summed E-state index contributed by atoms with van der Waals surface area (Å²) in [6.45, 7) is 35.9. The van der Waals surface area contributed by atoms with Crippen LogP contribution in [-0.4, -0.2) is 0 Å². The molecule has 1 aliphatic rings. The molecule has 0 saturated carbocycles. The Morgan fingerprint density at radius 2 is 0.585 bits per heavy atom. The zero-order valence-electron chi connectivity index (χ0n) is 29.4. The van der Waals surface area contributed by atoms with E-state index in [0.717, 1.165) is 22.3 Å². The first-order valence-corrected chi connectivity index (χ1v) is 14.6. The van der Waals surface area contributed by atoms with Crippen LogP contribution in [0.5, 0.6) is 11.5 Å². The van der Waals surface area contributed by atoms with Gasteiger partial charge in [-0.2, -0.15) is 0 Å². The fourth-order valence-electron chi connectivity index (χ4n) is 4.84. The van der Waals surface area contributed by atoms with Gasteiger partial charge in [-0.15, -0.1) is 11.5 Å². The van der Waals surface area contributed by atoms with Crippen LogP contribution in [-0.2, 0) is 54.4 Å². The minimum absolute atomic E-state index is 0. The Morgan fingerprint density at radius 1 is 0.390 bits per heavy atom. The van der Waals surface area contributed by atoms with E-state index < -0.39 is 0 Å². The van der Waals surface area contributed by atoms with E-state index in [0.29, 0.717) is 0 Å². The zero-order chi connectivity index (χ0) is 31.6. The maximum absolute atomic E-state index is 12.3. The fourth-order valence-corrected chi connectivity index (χ4v) is 4.84. The monoisotopic (exact) mass is 634 g/mol. The van der Waals surface area contributed by atoms with Crippen molar-refractivity contribution in [3.63, 3.8) is 0 Å². The van der Waals surface area contributed by atoms with Crippen LogP contribution in [0.4, 0.5) is 0 Å². The van der Waals surface area contributed by atoms with Crippen molar-refractivity contribution in [1.82, 2.24) is 0 Å². The quantitative estimate of drug-likeness (QED) is 0.290. The molecule has 0 N–H and O–H groups in total. The van der Waals surface area contributed by atoms with Gasteiger partial charge in [-0.05, 0) is 60.5 Å². The van der Waals surface area contributed by atoms with Crippen molar-refractivity contribution in [2.24, 2.45) is 0 Å². The minimum Gasteiger partial charge on any atom is -0.872 e. The van der Waals surface area contributed by atoms with Gasteiger partial charge in [0.05, 0.1) is 0 Å². The molecule has 0 spiro atoms. The van der Waals surface area contributed by atoms with Gasteiger partial charge < -0.3 is 10.2 Å². The molecule has 0 aliphatic heterocycles. The molecule has 3 heteroatoms. The first kappa shape index (κ1) is 39.6. The summed E-state index contributed by atoms with van der Waals surface area (Å²) in [4.78, 5) is 0. The van der Waals surface area contributed by atoms with Gasteiger partial charge in [0, 0.05) is 38.6 Å². The first-order valence-electron chi connectivity index (χ1n) is 14.6. The molecule has 2 aromatic rings. The molecule has 2 aromatic carbocycles. The molecule has 0 amide bonds. The van der Waals surface area contributed by atoms with Crippen molar-refractivity contribution < 1.29 is 42.9 Å². The molecule has 226 valence electrons. The average Bonchev–Trinajstić information content (AvgIpc) is 2.94. The van der Waals surface area contributed by atoms with Gasteiger partial charge in [-0.1, -0.05) is 160 Å². The van der Waals surface area contributed by atoms with Crippen molar-refractivity contribution in [2.75, 3.05) is 0 Å². The molecular weight excluding hydrogens is 577 g/mol. The second kappa shape index (κ2) is 14.4. The second-order valence-corrected chi connectivity index (χ2v) is 15.5. The normalized spacial score (nSPS) is 14.7. The van der Waals surface area contributed by atoms with Crippen LogP contribution in [0.2, 0.25) is 0 Å². The van der Waals surface area contributed by atoms with Gasteiger partial charge in [-0.3, -0.25) is 0 Å². The third-order valence-electron chi connectivity index (χ3n) is 8.07. The van der Waals surface area contributed by atoms with Crippen LogP contribution in [0.15, 0.2) is 58.7 Å². The summed E-state index contributed by atoms with van der Waals surface area (Å²) in [5.74, 6) is 1.88. The molecule has 0 atom stereocenters. The number of para-hydroxylation sites is 2. The standard InChI is InChI=1S/2C14H22O.C10H15.Y/c2*1-13(2,3)10-8-7-9-11(12(10)15)14(4,5)6;1-6-7(2)9(4)10(5)8(6)3;/h2*7-9,15H,1-6H3;1-5H3;/p-2. The molecule has 0 unspecified atom stereocenters. The molecule has 0 bridgehead atoms. The van der Waals surface area contributed by atoms with Crippen LogP contribution in [0, 0.1) is 5.92 Å². The smallest absolute Gasteiger partial charge is 0.0226 e. The summed E-state index contributed by atoms with van der Waals surface area (Å²) in [7, 11) is 0. The van der Waals surface area contributed by atoms with E-state index in [4.69, 9.17) is 0 Å². The second-order valence-electron chi connectivity index (χ2n) is 15.5. The topological polar surface area (TPSA) is 46.1 Å². The van der Waals surface area contributed by atoms with Crippen LogP contribution in [0.3, 0.4) is 0 Å². The summed E-state index contributed by atoms with van der Waals surface area (Å²) >= 11 is 0. The van der Waals surface area contributed by atoms with Crippen molar-refractivity contribution >= 4 is 0 Å². The molecular formula is C38H57O2Y-2. The molecule has 2 nitrogen and oxygen atoms in total. The largest absolute Gasteiger partial charge is 0.872 e. The van der Waals surface area contributed by atoms with Crippen molar-refractivity contribution in [3.05, 3.63) is 86.9 Å². The maximum Gasteiger partial charge on any atom is 0.0226 e. The van der Waals surface area contributed by atoms with Gasteiger partial charge in [0.1, 0.15) is 0 Å².